The van der Waals surface area contributed by atoms with Crippen molar-refractivity contribution in [2.24, 2.45) is 11.8 Å². The molecule has 0 radical (unpaired) electrons. The highest BCUT2D eigenvalue weighted by atomic mass is 14.4. The van der Waals surface area contributed by atoms with E-state index in [0.29, 0.717) is 0 Å². The van der Waals surface area contributed by atoms with Crippen LogP contribution in [0.15, 0.2) is 42.5 Å². The fourth-order valence-electron chi connectivity index (χ4n) is 6.12. The van der Waals surface area contributed by atoms with Gasteiger partial charge in [-0.3, -0.25) is 0 Å². The van der Waals surface area contributed by atoms with E-state index < -0.39 is 0 Å². The lowest BCUT2D eigenvalue weighted by molar-refractivity contribution is 0.397. The Hall–Kier alpha value is -1.56. The topological polar surface area (TPSA) is 0 Å². The third kappa shape index (κ3) is 13.1. The maximum atomic E-state index is 2.52. The van der Waals surface area contributed by atoms with Crippen LogP contribution in [-0.2, 0) is 5.41 Å². The quantitative estimate of drug-likeness (QED) is 0.178. The molecule has 0 N–H and O–H groups in total. The summed E-state index contributed by atoms with van der Waals surface area (Å²) in [7, 11) is 0. The van der Waals surface area contributed by atoms with Gasteiger partial charge < -0.3 is 0 Å². The third-order valence-corrected chi connectivity index (χ3v) is 9.12. The maximum absolute atomic E-state index is 2.52. The first-order valence-corrected chi connectivity index (χ1v) is 18.1. The van der Waals surface area contributed by atoms with Crippen molar-refractivity contribution in [3.05, 3.63) is 59.2 Å². The van der Waals surface area contributed by atoms with Crippen molar-refractivity contribution >= 4 is 0 Å². The Kier molecular flexibility index (Phi) is 23.0. The molecule has 0 saturated heterocycles. The molecule has 3 rings (SSSR count). The highest BCUT2D eigenvalue weighted by molar-refractivity contribution is 5.81. The van der Waals surface area contributed by atoms with E-state index in [2.05, 4.69) is 90.9 Å². The van der Waals surface area contributed by atoms with Crippen LogP contribution < -0.4 is 0 Å². The van der Waals surface area contributed by atoms with Gasteiger partial charge in [0, 0.05) is 5.41 Å². The SMILES string of the molecule is CC.CC.CCC(C)C(C)C.CCCCCCCCC1(CCCCCCCC)c2ccccc2-c2ccc(C)cc21. The van der Waals surface area contributed by atoms with Crippen LogP contribution in [0.1, 0.15) is 182 Å². The monoisotopic (exact) mass is 565 g/mol. The van der Waals surface area contributed by atoms with Gasteiger partial charge in [0.05, 0.1) is 0 Å². The molecule has 2 aromatic rings. The molecule has 41 heavy (non-hydrogen) atoms. The van der Waals surface area contributed by atoms with Crippen molar-refractivity contribution in [3.63, 3.8) is 0 Å². The van der Waals surface area contributed by atoms with Crippen molar-refractivity contribution in [1.29, 1.82) is 0 Å². The van der Waals surface area contributed by atoms with Gasteiger partial charge in [-0.25, -0.2) is 0 Å². The second-order valence-corrected chi connectivity index (χ2v) is 12.3. The molecule has 0 heteroatoms. The molecule has 0 fully saturated rings. The van der Waals surface area contributed by atoms with E-state index in [1.54, 1.807) is 11.1 Å². The Morgan fingerprint density at radius 3 is 1.49 bits per heavy atom. The van der Waals surface area contributed by atoms with Gasteiger partial charge in [-0.1, -0.05) is 201 Å². The van der Waals surface area contributed by atoms with Crippen LogP contribution >= 0.6 is 0 Å². The largest absolute Gasteiger partial charge is 0.0683 e. The number of hydrogen-bond donors (Lipinski definition) is 0. The highest BCUT2D eigenvalue weighted by Gasteiger charge is 2.41. The first-order valence-electron chi connectivity index (χ1n) is 18.1. The molecule has 2 aromatic carbocycles. The van der Waals surface area contributed by atoms with Gasteiger partial charge in [0.15, 0.2) is 0 Å². The summed E-state index contributed by atoms with van der Waals surface area (Å²) in [5.41, 5.74) is 7.92. The number of aryl methyl sites for hydroxylation is 1. The summed E-state index contributed by atoms with van der Waals surface area (Å²) in [5, 5.41) is 0. The van der Waals surface area contributed by atoms with E-state index in [9.17, 15) is 0 Å². The van der Waals surface area contributed by atoms with E-state index in [-0.39, 0.29) is 5.41 Å². The van der Waals surface area contributed by atoms with Crippen LogP contribution in [0.4, 0.5) is 0 Å². The average Bonchev–Trinajstić information content (AvgIpc) is 3.27. The van der Waals surface area contributed by atoms with Crippen LogP contribution in [0.5, 0.6) is 0 Å². The molecular formula is C41H72. The number of benzene rings is 2. The van der Waals surface area contributed by atoms with Gasteiger partial charge in [0.2, 0.25) is 0 Å². The van der Waals surface area contributed by atoms with Gasteiger partial charge in [0.25, 0.3) is 0 Å². The third-order valence-electron chi connectivity index (χ3n) is 9.12. The van der Waals surface area contributed by atoms with Crippen molar-refractivity contribution in [3.8, 4) is 11.1 Å². The fourth-order valence-corrected chi connectivity index (χ4v) is 6.12. The number of fused-ring (bicyclic) bond motifs is 3. The smallest absolute Gasteiger partial charge is 0.0215 e. The molecule has 0 bridgehead atoms. The van der Waals surface area contributed by atoms with Gasteiger partial charge in [-0.15, -0.1) is 0 Å². The zero-order valence-corrected chi connectivity index (χ0v) is 29.8. The molecule has 1 unspecified atom stereocenters. The van der Waals surface area contributed by atoms with Crippen LogP contribution in [0.3, 0.4) is 0 Å². The van der Waals surface area contributed by atoms with Crippen molar-refractivity contribution in [2.45, 2.75) is 178 Å². The summed E-state index contributed by atoms with van der Waals surface area (Å²) in [5.74, 6) is 1.77. The Labute approximate surface area is 259 Å². The molecule has 0 aliphatic heterocycles. The summed E-state index contributed by atoms with van der Waals surface area (Å²) in [4.78, 5) is 0. The Bertz CT molecular complexity index is 857. The molecule has 1 atom stereocenters. The number of unbranched alkanes of at least 4 members (excludes halogenated alkanes) is 10. The van der Waals surface area contributed by atoms with Gasteiger partial charge in [0.1, 0.15) is 0 Å². The highest BCUT2D eigenvalue weighted by Crippen LogP contribution is 2.54. The molecule has 1 aliphatic carbocycles. The number of hydrogen-bond acceptors (Lipinski definition) is 0. The average molecular weight is 565 g/mol. The predicted molar refractivity (Wildman–Crippen MR) is 190 cm³/mol. The first kappa shape index (κ1) is 39.4. The standard InChI is InChI=1S/C30H44.C7H16.2C2H6/c1-4-6-8-10-12-16-22-30(23-17-13-11-9-7-5-2)28-19-15-14-18-26(28)27-21-20-25(3)24-29(27)30;1-5-7(4)6(2)3;2*1-2/h14-15,18-21,24H,4-13,16-17,22-23H2,1-3H3;6-7H,5H2,1-4H3;2*1-2H3. The summed E-state index contributed by atoms with van der Waals surface area (Å²) in [6.07, 6.45) is 20.6. The van der Waals surface area contributed by atoms with E-state index >= 15 is 0 Å². The van der Waals surface area contributed by atoms with Gasteiger partial charge >= 0.3 is 0 Å². The van der Waals surface area contributed by atoms with E-state index in [1.165, 1.54) is 113 Å². The lowest BCUT2D eigenvalue weighted by atomic mass is 9.70. The second-order valence-electron chi connectivity index (χ2n) is 12.3. The lowest BCUT2D eigenvalue weighted by Crippen LogP contribution is -2.25. The fraction of sp³-hybridized carbons (Fsp3) is 0.707. The van der Waals surface area contributed by atoms with Crippen molar-refractivity contribution < 1.29 is 0 Å². The van der Waals surface area contributed by atoms with Gasteiger partial charge in [-0.05, 0) is 53.9 Å². The summed E-state index contributed by atoms with van der Waals surface area (Å²) >= 11 is 0. The maximum Gasteiger partial charge on any atom is 0.0215 e. The van der Waals surface area contributed by atoms with Crippen LogP contribution in [-0.4, -0.2) is 0 Å². The van der Waals surface area contributed by atoms with E-state index in [1.807, 2.05) is 27.7 Å². The lowest BCUT2D eigenvalue weighted by Gasteiger charge is -2.33. The minimum absolute atomic E-state index is 0.244. The zero-order valence-electron chi connectivity index (χ0n) is 29.8. The molecule has 0 saturated carbocycles. The second kappa shape index (κ2) is 23.9. The molecule has 0 heterocycles. The minimum Gasteiger partial charge on any atom is -0.0683 e. The van der Waals surface area contributed by atoms with Crippen molar-refractivity contribution in [1.82, 2.24) is 0 Å². The van der Waals surface area contributed by atoms with E-state index in [4.69, 9.17) is 0 Å². The van der Waals surface area contributed by atoms with E-state index in [0.717, 1.165) is 11.8 Å². The molecule has 0 aromatic heterocycles. The Morgan fingerprint density at radius 2 is 1.02 bits per heavy atom. The summed E-state index contributed by atoms with van der Waals surface area (Å²) in [6, 6.07) is 16.5. The molecular weight excluding hydrogens is 492 g/mol. The normalized spacial score (nSPS) is 13.1. The van der Waals surface area contributed by atoms with Crippen LogP contribution in [0.25, 0.3) is 11.1 Å². The minimum atomic E-state index is 0.244. The van der Waals surface area contributed by atoms with Gasteiger partial charge in [-0.2, -0.15) is 0 Å². The summed E-state index contributed by atoms with van der Waals surface area (Å²) < 4.78 is 0. The molecule has 0 amide bonds. The van der Waals surface area contributed by atoms with Crippen LogP contribution in [0, 0.1) is 18.8 Å². The predicted octanol–water partition coefficient (Wildman–Crippen LogP) is 14.5. The molecule has 236 valence electrons. The van der Waals surface area contributed by atoms with Crippen molar-refractivity contribution in [2.75, 3.05) is 0 Å². The molecule has 1 aliphatic rings. The Morgan fingerprint density at radius 1 is 0.561 bits per heavy atom. The Balaban J connectivity index is 0.00000125. The first-order chi connectivity index (χ1) is 19.9. The molecule has 0 spiro atoms. The summed E-state index contributed by atoms with van der Waals surface area (Å²) in [6.45, 7) is 24.0. The number of rotatable bonds is 16. The zero-order chi connectivity index (χ0) is 31.1. The molecule has 0 nitrogen and oxygen atoms in total. The van der Waals surface area contributed by atoms with Crippen LogP contribution in [0.2, 0.25) is 0 Å².